The maximum Gasteiger partial charge on any atom is 0.240 e. The summed E-state index contributed by atoms with van der Waals surface area (Å²) in [5.74, 6) is 2.68. The van der Waals surface area contributed by atoms with Crippen LogP contribution in [0.5, 0.6) is 0 Å². The summed E-state index contributed by atoms with van der Waals surface area (Å²) in [6.45, 7) is 2.07. The first-order chi connectivity index (χ1) is 8.33. The fourth-order valence-electron chi connectivity index (χ4n) is 1.96. The molecule has 88 valence electrons. The van der Waals surface area contributed by atoms with Gasteiger partial charge in [-0.05, 0) is 25.5 Å². The van der Waals surface area contributed by atoms with Gasteiger partial charge in [-0.15, -0.1) is 11.8 Å². The topological polar surface area (TPSA) is 38.9 Å². The summed E-state index contributed by atoms with van der Waals surface area (Å²) in [6.07, 6.45) is 2.40. The first-order valence-corrected chi connectivity index (χ1v) is 6.90. The molecule has 1 fully saturated rings. The predicted molar refractivity (Wildman–Crippen MR) is 68.9 cm³/mol. The molecule has 0 bridgehead atoms. The number of aromatic nitrogens is 2. The van der Waals surface area contributed by atoms with Gasteiger partial charge in [0.15, 0.2) is 0 Å². The summed E-state index contributed by atoms with van der Waals surface area (Å²) in [5, 5.41) is 4.47. The number of hydrogen-bond donors (Lipinski definition) is 0. The Morgan fingerprint density at radius 1 is 1.29 bits per heavy atom. The van der Waals surface area contributed by atoms with Crippen molar-refractivity contribution in [2.24, 2.45) is 0 Å². The fourth-order valence-corrected chi connectivity index (χ4v) is 3.15. The van der Waals surface area contributed by atoms with Crippen molar-refractivity contribution in [3.8, 4) is 11.4 Å². The number of rotatable bonds is 2. The first kappa shape index (κ1) is 10.8. The molecule has 0 saturated carbocycles. The molecule has 1 atom stereocenters. The Hall–Kier alpha value is -1.29. The van der Waals surface area contributed by atoms with E-state index in [4.69, 9.17) is 4.52 Å². The second-order valence-corrected chi connectivity index (χ2v) is 5.63. The van der Waals surface area contributed by atoms with Crippen LogP contribution in [0, 0.1) is 6.92 Å². The van der Waals surface area contributed by atoms with E-state index < -0.39 is 0 Å². The van der Waals surface area contributed by atoms with E-state index in [0.717, 1.165) is 17.9 Å². The molecule has 4 heteroatoms. The monoisotopic (exact) mass is 246 g/mol. The average Bonchev–Trinajstić information content (AvgIpc) is 3.00. The van der Waals surface area contributed by atoms with Gasteiger partial charge in [0.1, 0.15) is 0 Å². The number of thioether (sulfide) groups is 1. The van der Waals surface area contributed by atoms with Crippen LogP contribution >= 0.6 is 11.8 Å². The fraction of sp³-hybridized carbons (Fsp3) is 0.385. The van der Waals surface area contributed by atoms with Crippen LogP contribution in [0.4, 0.5) is 0 Å². The number of aryl methyl sites for hydroxylation is 1. The lowest BCUT2D eigenvalue weighted by Gasteiger charge is -1.99. The molecule has 1 aromatic heterocycles. The highest BCUT2D eigenvalue weighted by molar-refractivity contribution is 7.99. The normalized spacial score (nSPS) is 19.7. The van der Waals surface area contributed by atoms with E-state index in [2.05, 4.69) is 29.2 Å². The van der Waals surface area contributed by atoms with E-state index >= 15 is 0 Å². The maximum atomic E-state index is 5.35. The van der Waals surface area contributed by atoms with E-state index in [0.29, 0.717) is 11.1 Å². The molecule has 1 aromatic carbocycles. The van der Waals surface area contributed by atoms with Crippen molar-refractivity contribution in [1.82, 2.24) is 10.1 Å². The highest BCUT2D eigenvalue weighted by atomic mass is 32.2. The van der Waals surface area contributed by atoms with Gasteiger partial charge in [0.25, 0.3) is 0 Å². The molecule has 0 aliphatic carbocycles. The summed E-state index contributed by atoms with van der Waals surface area (Å²) in [7, 11) is 0. The molecule has 0 amide bonds. The van der Waals surface area contributed by atoms with Gasteiger partial charge in [-0.1, -0.05) is 35.0 Å². The number of benzene rings is 1. The Labute approximate surface area is 105 Å². The lowest BCUT2D eigenvalue weighted by molar-refractivity contribution is 0.375. The third kappa shape index (κ3) is 2.22. The molecule has 3 nitrogen and oxygen atoms in total. The molecule has 0 spiro atoms. The van der Waals surface area contributed by atoms with Crippen molar-refractivity contribution in [2.75, 3.05) is 5.75 Å². The third-order valence-corrected chi connectivity index (χ3v) is 4.32. The quantitative estimate of drug-likeness (QED) is 0.811. The smallest absolute Gasteiger partial charge is 0.240 e. The van der Waals surface area contributed by atoms with Crippen LogP contribution in [0.25, 0.3) is 11.4 Å². The molecule has 1 saturated heterocycles. The molecular formula is C13H14N2OS. The van der Waals surface area contributed by atoms with Crippen LogP contribution in [0.3, 0.4) is 0 Å². The summed E-state index contributed by atoms with van der Waals surface area (Å²) < 4.78 is 5.35. The van der Waals surface area contributed by atoms with Gasteiger partial charge >= 0.3 is 0 Å². The van der Waals surface area contributed by atoms with Crippen molar-refractivity contribution in [3.05, 3.63) is 35.7 Å². The highest BCUT2D eigenvalue weighted by Gasteiger charge is 2.23. The van der Waals surface area contributed by atoms with Gasteiger partial charge in [-0.2, -0.15) is 4.98 Å². The average molecular weight is 246 g/mol. The van der Waals surface area contributed by atoms with E-state index in [1.54, 1.807) is 0 Å². The van der Waals surface area contributed by atoms with E-state index in [1.807, 2.05) is 23.9 Å². The Balaban J connectivity index is 1.86. The minimum Gasteiger partial charge on any atom is -0.338 e. The van der Waals surface area contributed by atoms with Crippen molar-refractivity contribution in [1.29, 1.82) is 0 Å². The zero-order chi connectivity index (χ0) is 11.7. The highest BCUT2D eigenvalue weighted by Crippen LogP contribution is 2.39. The molecule has 0 N–H and O–H groups in total. The van der Waals surface area contributed by atoms with Crippen molar-refractivity contribution < 1.29 is 4.52 Å². The second-order valence-electron chi connectivity index (χ2n) is 4.32. The Kier molecular flexibility index (Phi) is 2.89. The SMILES string of the molecule is Cc1ccc(-c2noc(C3CCCS3)n2)cc1. The predicted octanol–water partition coefficient (Wildman–Crippen LogP) is 3.61. The van der Waals surface area contributed by atoms with Gasteiger partial charge < -0.3 is 4.52 Å². The van der Waals surface area contributed by atoms with Crippen molar-refractivity contribution in [2.45, 2.75) is 25.0 Å². The van der Waals surface area contributed by atoms with E-state index in [-0.39, 0.29) is 0 Å². The lowest BCUT2D eigenvalue weighted by atomic mass is 10.1. The minimum absolute atomic E-state index is 0.404. The van der Waals surface area contributed by atoms with Gasteiger partial charge in [0.05, 0.1) is 5.25 Å². The Bertz CT molecular complexity index is 500. The molecule has 1 aliphatic heterocycles. The molecule has 0 radical (unpaired) electrons. The summed E-state index contributed by atoms with van der Waals surface area (Å²) >= 11 is 1.91. The Morgan fingerprint density at radius 3 is 2.82 bits per heavy atom. The number of hydrogen-bond acceptors (Lipinski definition) is 4. The van der Waals surface area contributed by atoms with Crippen LogP contribution in [-0.4, -0.2) is 15.9 Å². The third-order valence-electron chi connectivity index (χ3n) is 2.96. The van der Waals surface area contributed by atoms with Crippen LogP contribution in [0.2, 0.25) is 0 Å². The summed E-state index contributed by atoms with van der Waals surface area (Å²) in [5.41, 5.74) is 2.26. The molecule has 1 unspecified atom stereocenters. The molecule has 3 rings (SSSR count). The van der Waals surface area contributed by atoms with E-state index in [9.17, 15) is 0 Å². The van der Waals surface area contributed by atoms with Crippen LogP contribution in [-0.2, 0) is 0 Å². The standard InChI is InChI=1S/C13H14N2OS/c1-9-4-6-10(7-5-9)12-14-13(16-15-12)11-3-2-8-17-11/h4-7,11H,2-3,8H2,1H3. The van der Waals surface area contributed by atoms with Gasteiger partial charge in [0, 0.05) is 5.56 Å². The molecule has 2 heterocycles. The van der Waals surface area contributed by atoms with Gasteiger partial charge in [-0.25, -0.2) is 0 Å². The van der Waals surface area contributed by atoms with Gasteiger partial charge in [-0.3, -0.25) is 0 Å². The summed E-state index contributed by atoms with van der Waals surface area (Å²) in [6, 6.07) is 8.20. The van der Waals surface area contributed by atoms with Crippen molar-refractivity contribution >= 4 is 11.8 Å². The second kappa shape index (κ2) is 4.53. The van der Waals surface area contributed by atoms with Gasteiger partial charge in [0.2, 0.25) is 11.7 Å². The van der Waals surface area contributed by atoms with Crippen LogP contribution in [0.1, 0.15) is 29.5 Å². The maximum absolute atomic E-state index is 5.35. The molecule has 2 aromatic rings. The summed E-state index contributed by atoms with van der Waals surface area (Å²) in [4.78, 5) is 4.49. The zero-order valence-electron chi connectivity index (χ0n) is 9.72. The zero-order valence-corrected chi connectivity index (χ0v) is 10.5. The van der Waals surface area contributed by atoms with Crippen LogP contribution in [0.15, 0.2) is 28.8 Å². The minimum atomic E-state index is 0.404. The largest absolute Gasteiger partial charge is 0.338 e. The van der Waals surface area contributed by atoms with Crippen molar-refractivity contribution in [3.63, 3.8) is 0 Å². The van der Waals surface area contributed by atoms with E-state index in [1.165, 1.54) is 17.7 Å². The molecule has 17 heavy (non-hydrogen) atoms. The molecular weight excluding hydrogens is 232 g/mol. The van der Waals surface area contributed by atoms with Crippen LogP contribution < -0.4 is 0 Å². The Morgan fingerprint density at radius 2 is 2.12 bits per heavy atom. The molecule has 1 aliphatic rings. The first-order valence-electron chi connectivity index (χ1n) is 5.85. The lowest BCUT2D eigenvalue weighted by Crippen LogP contribution is -1.88. The number of nitrogens with zero attached hydrogens (tertiary/aromatic N) is 2.